The summed E-state index contributed by atoms with van der Waals surface area (Å²) < 4.78 is 5.11. The van der Waals surface area contributed by atoms with Crippen molar-refractivity contribution in [2.75, 3.05) is 13.7 Å². The number of hydrogen-bond donors (Lipinski definition) is 1. The van der Waals surface area contributed by atoms with Crippen LogP contribution in [-0.4, -0.2) is 25.3 Å². The molecule has 0 spiro atoms. The lowest BCUT2D eigenvalue weighted by atomic mass is 9.92. The quantitative estimate of drug-likeness (QED) is 0.661. The Morgan fingerprint density at radius 1 is 1.38 bits per heavy atom. The highest BCUT2D eigenvalue weighted by Gasteiger charge is 2.22. The van der Waals surface area contributed by atoms with Crippen LogP contribution in [0.1, 0.15) is 47.0 Å². The molecule has 0 aromatic carbocycles. The molecule has 80 valence electrons. The molecule has 0 aliphatic carbocycles. The molecule has 0 aliphatic heterocycles. The molecule has 0 amide bonds. The Bertz CT molecular complexity index is 127. The maximum absolute atomic E-state index is 5.11. The summed E-state index contributed by atoms with van der Waals surface area (Å²) in [6, 6.07) is 0.446. The molecule has 1 N–H and O–H groups in total. The fourth-order valence-electron chi connectivity index (χ4n) is 1.79. The number of rotatable bonds is 7. The third kappa shape index (κ3) is 5.27. The number of nitrogens with one attached hydrogen (secondary N) is 1. The van der Waals surface area contributed by atoms with Gasteiger partial charge in [0.05, 0.1) is 6.61 Å². The summed E-state index contributed by atoms with van der Waals surface area (Å²) >= 11 is 0. The van der Waals surface area contributed by atoms with Gasteiger partial charge < -0.3 is 10.1 Å². The van der Waals surface area contributed by atoms with Crippen molar-refractivity contribution in [3.05, 3.63) is 0 Å². The first kappa shape index (κ1) is 12.9. The van der Waals surface area contributed by atoms with E-state index in [1.54, 1.807) is 7.11 Å². The average molecular weight is 187 g/mol. The number of hydrogen-bond acceptors (Lipinski definition) is 2. The summed E-state index contributed by atoms with van der Waals surface area (Å²) in [7, 11) is 1.75. The van der Waals surface area contributed by atoms with Gasteiger partial charge in [-0.25, -0.2) is 0 Å². The van der Waals surface area contributed by atoms with Crippen LogP contribution in [0.15, 0.2) is 0 Å². The van der Waals surface area contributed by atoms with Crippen LogP contribution in [0, 0.1) is 0 Å². The lowest BCUT2D eigenvalue weighted by Gasteiger charge is -2.32. The maximum atomic E-state index is 5.11. The molecule has 0 saturated heterocycles. The molecule has 0 aromatic heterocycles. The van der Waals surface area contributed by atoms with Crippen molar-refractivity contribution in [2.24, 2.45) is 0 Å². The van der Waals surface area contributed by atoms with Gasteiger partial charge in [0.25, 0.3) is 0 Å². The van der Waals surface area contributed by atoms with Crippen LogP contribution >= 0.6 is 0 Å². The van der Waals surface area contributed by atoms with Gasteiger partial charge in [0.1, 0.15) is 0 Å². The zero-order chi connectivity index (χ0) is 10.3. The molecule has 0 saturated carbocycles. The maximum Gasteiger partial charge on any atom is 0.0613 e. The van der Waals surface area contributed by atoms with Crippen molar-refractivity contribution < 1.29 is 4.74 Å². The van der Waals surface area contributed by atoms with Crippen molar-refractivity contribution in [3.63, 3.8) is 0 Å². The van der Waals surface area contributed by atoms with Crippen LogP contribution in [0.3, 0.4) is 0 Å². The van der Waals surface area contributed by atoms with Crippen molar-refractivity contribution in [1.82, 2.24) is 5.32 Å². The highest BCUT2D eigenvalue weighted by Crippen LogP contribution is 2.17. The molecular formula is C11H25NO. The van der Waals surface area contributed by atoms with Gasteiger partial charge >= 0.3 is 0 Å². The Balaban J connectivity index is 3.93. The Hall–Kier alpha value is -0.0800. The highest BCUT2D eigenvalue weighted by molar-refractivity contribution is 4.83. The van der Waals surface area contributed by atoms with Gasteiger partial charge in [0.2, 0.25) is 0 Å². The van der Waals surface area contributed by atoms with Gasteiger partial charge in [-0.1, -0.05) is 20.3 Å². The SMILES string of the molecule is CCCC(C)(CC)N[C@@H](C)COC. The van der Waals surface area contributed by atoms with E-state index in [0.29, 0.717) is 6.04 Å². The van der Waals surface area contributed by atoms with E-state index in [1.807, 2.05) is 0 Å². The first-order valence-electron chi connectivity index (χ1n) is 5.34. The summed E-state index contributed by atoms with van der Waals surface area (Å²) in [4.78, 5) is 0. The molecule has 0 rings (SSSR count). The topological polar surface area (TPSA) is 21.3 Å². The standard InChI is InChI=1S/C11H25NO/c1-6-8-11(4,7-2)12-10(3)9-13-5/h10,12H,6-9H2,1-5H3/t10-,11?/m0/s1. The summed E-state index contributed by atoms with van der Waals surface area (Å²) in [5.74, 6) is 0. The fourth-order valence-corrected chi connectivity index (χ4v) is 1.79. The summed E-state index contributed by atoms with van der Waals surface area (Å²) in [5.41, 5.74) is 0.284. The van der Waals surface area contributed by atoms with Crippen LogP contribution in [0.5, 0.6) is 0 Å². The van der Waals surface area contributed by atoms with E-state index in [9.17, 15) is 0 Å². The average Bonchev–Trinajstić information content (AvgIpc) is 2.05. The lowest BCUT2D eigenvalue weighted by molar-refractivity contribution is 0.149. The van der Waals surface area contributed by atoms with Crippen molar-refractivity contribution in [1.29, 1.82) is 0 Å². The predicted octanol–water partition coefficient (Wildman–Crippen LogP) is 2.58. The molecule has 1 unspecified atom stereocenters. The molecule has 0 heterocycles. The fraction of sp³-hybridized carbons (Fsp3) is 1.00. The monoisotopic (exact) mass is 187 g/mol. The first-order valence-corrected chi connectivity index (χ1v) is 5.34. The second-order valence-electron chi connectivity index (χ2n) is 4.16. The van der Waals surface area contributed by atoms with Gasteiger partial charge in [0, 0.05) is 18.7 Å². The van der Waals surface area contributed by atoms with Gasteiger partial charge in [-0.05, 0) is 26.7 Å². The normalized spacial score (nSPS) is 18.2. The number of methoxy groups -OCH3 is 1. The predicted molar refractivity (Wildman–Crippen MR) is 58.1 cm³/mol. The molecule has 0 aromatic rings. The van der Waals surface area contributed by atoms with Gasteiger partial charge in [0.15, 0.2) is 0 Å². The van der Waals surface area contributed by atoms with Crippen molar-refractivity contribution in [2.45, 2.75) is 58.5 Å². The van der Waals surface area contributed by atoms with E-state index in [4.69, 9.17) is 4.74 Å². The van der Waals surface area contributed by atoms with E-state index >= 15 is 0 Å². The molecule has 2 nitrogen and oxygen atoms in total. The minimum atomic E-state index is 0.284. The Morgan fingerprint density at radius 3 is 2.38 bits per heavy atom. The van der Waals surface area contributed by atoms with E-state index in [0.717, 1.165) is 6.61 Å². The van der Waals surface area contributed by atoms with Crippen LogP contribution in [0.2, 0.25) is 0 Å². The Morgan fingerprint density at radius 2 is 2.00 bits per heavy atom. The van der Waals surface area contributed by atoms with E-state index in [1.165, 1.54) is 19.3 Å². The van der Waals surface area contributed by atoms with Gasteiger partial charge in [-0.2, -0.15) is 0 Å². The molecule has 2 atom stereocenters. The zero-order valence-corrected chi connectivity index (χ0v) is 9.81. The second kappa shape index (κ2) is 6.39. The van der Waals surface area contributed by atoms with Gasteiger partial charge in [-0.3, -0.25) is 0 Å². The number of ether oxygens (including phenoxy) is 1. The largest absolute Gasteiger partial charge is 0.383 e. The molecule has 0 aliphatic rings. The minimum Gasteiger partial charge on any atom is -0.383 e. The Labute approximate surface area is 83.1 Å². The Kier molecular flexibility index (Phi) is 6.35. The minimum absolute atomic E-state index is 0.284. The van der Waals surface area contributed by atoms with E-state index in [2.05, 4.69) is 33.0 Å². The summed E-state index contributed by atoms with van der Waals surface area (Å²) in [6.07, 6.45) is 3.64. The zero-order valence-electron chi connectivity index (χ0n) is 9.81. The summed E-state index contributed by atoms with van der Waals surface area (Å²) in [6.45, 7) is 9.73. The molecule has 0 fully saturated rings. The smallest absolute Gasteiger partial charge is 0.0613 e. The summed E-state index contributed by atoms with van der Waals surface area (Å²) in [5, 5.41) is 3.62. The lowest BCUT2D eigenvalue weighted by Crippen LogP contribution is -2.48. The van der Waals surface area contributed by atoms with Crippen LogP contribution < -0.4 is 5.32 Å². The first-order chi connectivity index (χ1) is 6.08. The second-order valence-corrected chi connectivity index (χ2v) is 4.16. The molecule has 13 heavy (non-hydrogen) atoms. The van der Waals surface area contributed by atoms with Gasteiger partial charge in [-0.15, -0.1) is 0 Å². The molecule has 0 bridgehead atoms. The molecule has 0 radical (unpaired) electrons. The molecular weight excluding hydrogens is 162 g/mol. The third-order valence-electron chi connectivity index (χ3n) is 2.59. The van der Waals surface area contributed by atoms with Crippen LogP contribution in [0.4, 0.5) is 0 Å². The van der Waals surface area contributed by atoms with Crippen molar-refractivity contribution in [3.8, 4) is 0 Å². The van der Waals surface area contributed by atoms with E-state index in [-0.39, 0.29) is 5.54 Å². The molecule has 2 heteroatoms. The third-order valence-corrected chi connectivity index (χ3v) is 2.59. The van der Waals surface area contributed by atoms with Crippen LogP contribution in [-0.2, 0) is 4.74 Å². The highest BCUT2D eigenvalue weighted by atomic mass is 16.5. The van der Waals surface area contributed by atoms with Crippen LogP contribution in [0.25, 0.3) is 0 Å². The van der Waals surface area contributed by atoms with E-state index < -0.39 is 0 Å². The van der Waals surface area contributed by atoms with Crippen molar-refractivity contribution >= 4 is 0 Å².